The third-order valence-electron chi connectivity index (χ3n) is 4.57. The van der Waals surface area contributed by atoms with Crippen LogP contribution in [0.4, 0.5) is 5.82 Å². The molecule has 0 atom stereocenters. The van der Waals surface area contributed by atoms with E-state index < -0.39 is 0 Å². The first kappa shape index (κ1) is 19.0. The molecule has 4 rings (SSSR count). The van der Waals surface area contributed by atoms with Crippen molar-refractivity contribution in [3.8, 4) is 28.3 Å². The monoisotopic (exact) mass is 403 g/mol. The number of hydrogen-bond acceptors (Lipinski definition) is 5. The first-order valence-corrected chi connectivity index (χ1v) is 10.0. The lowest BCUT2D eigenvalue weighted by Crippen LogP contribution is -1.96. The zero-order valence-corrected chi connectivity index (χ0v) is 17.3. The molecule has 29 heavy (non-hydrogen) atoms. The second-order valence-corrected chi connectivity index (χ2v) is 7.35. The normalized spacial score (nSPS) is 11.1. The molecule has 0 radical (unpaired) electrons. The molecule has 2 aromatic heterocycles. The Morgan fingerprint density at radius 2 is 1.76 bits per heavy atom. The SMILES string of the molecule is COc1ccc(-c2c(C)nn(-c3ccccc3)c2/N=C/c2cccs2)cc1OC. The first-order chi connectivity index (χ1) is 14.2. The minimum Gasteiger partial charge on any atom is -0.493 e. The number of benzene rings is 2. The number of thiophene rings is 1. The minimum absolute atomic E-state index is 0.671. The average Bonchev–Trinajstić information content (AvgIpc) is 3.40. The standard InChI is InChI=1S/C23H21N3O2S/c1-16-22(17-11-12-20(27-2)21(14-17)28-3)23(24-15-19-10-7-13-29-19)26(25-16)18-8-5-4-6-9-18/h4-15H,1-3H3/b24-15+. The van der Waals surface area contributed by atoms with Gasteiger partial charge in [-0.05, 0) is 48.2 Å². The molecule has 0 aliphatic carbocycles. The fourth-order valence-corrected chi connectivity index (χ4v) is 3.79. The van der Waals surface area contributed by atoms with Gasteiger partial charge in [0.15, 0.2) is 17.3 Å². The number of aromatic nitrogens is 2. The van der Waals surface area contributed by atoms with Crippen LogP contribution in [-0.2, 0) is 0 Å². The van der Waals surface area contributed by atoms with E-state index in [4.69, 9.17) is 19.6 Å². The third-order valence-corrected chi connectivity index (χ3v) is 5.37. The van der Waals surface area contributed by atoms with Crippen molar-refractivity contribution < 1.29 is 9.47 Å². The Morgan fingerprint density at radius 3 is 2.45 bits per heavy atom. The van der Waals surface area contributed by atoms with Gasteiger partial charge in [-0.15, -0.1) is 11.3 Å². The lowest BCUT2D eigenvalue weighted by Gasteiger charge is -2.10. The molecule has 2 aromatic carbocycles. The Labute approximate surface area is 173 Å². The highest BCUT2D eigenvalue weighted by atomic mass is 32.1. The summed E-state index contributed by atoms with van der Waals surface area (Å²) in [6.45, 7) is 2.00. The van der Waals surface area contributed by atoms with Crippen LogP contribution in [-0.4, -0.2) is 30.2 Å². The molecular weight excluding hydrogens is 382 g/mol. The number of rotatable bonds is 6. The van der Waals surface area contributed by atoms with E-state index in [1.807, 2.05) is 83.9 Å². The molecule has 0 unspecified atom stereocenters. The summed E-state index contributed by atoms with van der Waals surface area (Å²) in [5.41, 5.74) is 3.78. The topological polar surface area (TPSA) is 48.6 Å². The quantitative estimate of drug-likeness (QED) is 0.389. The van der Waals surface area contributed by atoms with Gasteiger partial charge in [-0.2, -0.15) is 5.10 Å². The molecule has 0 bridgehead atoms. The predicted octanol–water partition coefficient (Wildman–Crippen LogP) is 5.68. The van der Waals surface area contributed by atoms with Gasteiger partial charge in [0.25, 0.3) is 0 Å². The maximum absolute atomic E-state index is 5.50. The summed E-state index contributed by atoms with van der Waals surface area (Å²) in [5.74, 6) is 2.13. The Hall–Kier alpha value is -3.38. The van der Waals surface area contributed by atoms with Gasteiger partial charge in [-0.25, -0.2) is 9.67 Å². The van der Waals surface area contributed by atoms with Crippen LogP contribution in [0.25, 0.3) is 16.8 Å². The number of para-hydroxylation sites is 1. The van der Waals surface area contributed by atoms with Gasteiger partial charge >= 0.3 is 0 Å². The zero-order chi connectivity index (χ0) is 20.2. The van der Waals surface area contributed by atoms with Gasteiger partial charge < -0.3 is 9.47 Å². The van der Waals surface area contributed by atoms with Gasteiger partial charge in [-0.3, -0.25) is 0 Å². The molecule has 0 saturated heterocycles. The molecule has 0 N–H and O–H groups in total. The van der Waals surface area contributed by atoms with Crippen LogP contribution in [0.2, 0.25) is 0 Å². The smallest absolute Gasteiger partial charge is 0.163 e. The van der Waals surface area contributed by atoms with Crippen LogP contribution in [0, 0.1) is 6.92 Å². The Balaban J connectivity index is 1.90. The number of nitrogens with zero attached hydrogens (tertiary/aromatic N) is 3. The molecule has 146 valence electrons. The third kappa shape index (κ3) is 3.79. The van der Waals surface area contributed by atoms with Crippen LogP contribution < -0.4 is 9.47 Å². The number of methoxy groups -OCH3 is 2. The molecule has 0 saturated carbocycles. The maximum Gasteiger partial charge on any atom is 0.163 e. The molecular formula is C23H21N3O2S. The lowest BCUT2D eigenvalue weighted by molar-refractivity contribution is 0.355. The summed E-state index contributed by atoms with van der Waals surface area (Å²) >= 11 is 1.65. The highest BCUT2D eigenvalue weighted by Gasteiger charge is 2.19. The molecule has 5 nitrogen and oxygen atoms in total. The average molecular weight is 404 g/mol. The fourth-order valence-electron chi connectivity index (χ4n) is 3.20. The van der Waals surface area contributed by atoms with Crippen LogP contribution >= 0.6 is 11.3 Å². The minimum atomic E-state index is 0.671. The van der Waals surface area contributed by atoms with Gasteiger partial charge in [0, 0.05) is 16.7 Å². The van der Waals surface area contributed by atoms with Crippen molar-refractivity contribution in [2.24, 2.45) is 4.99 Å². The van der Waals surface area contributed by atoms with Crippen molar-refractivity contribution in [2.75, 3.05) is 14.2 Å². The van der Waals surface area contributed by atoms with Crippen molar-refractivity contribution >= 4 is 23.4 Å². The molecule has 4 aromatic rings. The molecule has 0 fully saturated rings. The molecule has 6 heteroatoms. The Morgan fingerprint density at radius 1 is 0.966 bits per heavy atom. The van der Waals surface area contributed by atoms with Crippen molar-refractivity contribution in [2.45, 2.75) is 6.92 Å². The summed E-state index contributed by atoms with van der Waals surface area (Å²) in [5, 5.41) is 6.83. The van der Waals surface area contributed by atoms with Crippen molar-refractivity contribution in [1.29, 1.82) is 0 Å². The van der Waals surface area contributed by atoms with Crippen molar-refractivity contribution in [3.05, 3.63) is 76.6 Å². The van der Waals surface area contributed by atoms with E-state index in [1.54, 1.807) is 25.6 Å². The highest BCUT2D eigenvalue weighted by molar-refractivity contribution is 7.11. The van der Waals surface area contributed by atoms with Crippen molar-refractivity contribution in [3.63, 3.8) is 0 Å². The van der Waals surface area contributed by atoms with E-state index in [2.05, 4.69) is 0 Å². The molecule has 0 aliphatic heterocycles. The Bertz CT molecular complexity index is 1130. The molecule has 0 spiro atoms. The summed E-state index contributed by atoms with van der Waals surface area (Å²) in [6, 6.07) is 20.0. The second kappa shape index (κ2) is 8.32. The van der Waals surface area contributed by atoms with Crippen LogP contribution in [0.1, 0.15) is 10.6 Å². The van der Waals surface area contributed by atoms with E-state index in [9.17, 15) is 0 Å². The fraction of sp³-hybridized carbons (Fsp3) is 0.130. The van der Waals surface area contributed by atoms with Gasteiger partial charge in [-0.1, -0.05) is 30.3 Å². The van der Waals surface area contributed by atoms with E-state index in [0.29, 0.717) is 11.5 Å². The zero-order valence-electron chi connectivity index (χ0n) is 16.5. The van der Waals surface area contributed by atoms with Gasteiger partial charge in [0.2, 0.25) is 0 Å². The van der Waals surface area contributed by atoms with Gasteiger partial charge in [0.1, 0.15) is 0 Å². The van der Waals surface area contributed by atoms with Crippen LogP contribution in [0.15, 0.2) is 71.0 Å². The first-order valence-electron chi connectivity index (χ1n) is 9.16. The summed E-state index contributed by atoms with van der Waals surface area (Å²) in [6.07, 6.45) is 1.88. The van der Waals surface area contributed by atoms with Crippen molar-refractivity contribution in [1.82, 2.24) is 9.78 Å². The van der Waals surface area contributed by atoms with E-state index in [1.165, 1.54) is 0 Å². The molecule has 0 aliphatic rings. The number of aliphatic imine (C=N–C) groups is 1. The molecule has 0 amide bonds. The van der Waals surface area contributed by atoms with Crippen LogP contribution in [0.5, 0.6) is 11.5 Å². The van der Waals surface area contributed by atoms with E-state index >= 15 is 0 Å². The predicted molar refractivity (Wildman–Crippen MR) is 118 cm³/mol. The second-order valence-electron chi connectivity index (χ2n) is 6.37. The van der Waals surface area contributed by atoms with Gasteiger partial charge in [0.05, 0.1) is 25.6 Å². The van der Waals surface area contributed by atoms with E-state index in [-0.39, 0.29) is 0 Å². The van der Waals surface area contributed by atoms with E-state index in [0.717, 1.165) is 33.2 Å². The highest BCUT2D eigenvalue weighted by Crippen LogP contribution is 2.39. The number of aryl methyl sites for hydroxylation is 1. The largest absolute Gasteiger partial charge is 0.493 e. The maximum atomic E-state index is 5.50. The lowest BCUT2D eigenvalue weighted by atomic mass is 10.0. The molecule has 2 heterocycles. The van der Waals surface area contributed by atoms with Crippen LogP contribution in [0.3, 0.4) is 0 Å². The number of hydrogen-bond donors (Lipinski definition) is 0. The Kier molecular flexibility index (Phi) is 5.44. The number of ether oxygens (including phenoxy) is 2. The summed E-state index contributed by atoms with van der Waals surface area (Å²) in [7, 11) is 3.27. The summed E-state index contributed by atoms with van der Waals surface area (Å²) < 4.78 is 12.8. The summed E-state index contributed by atoms with van der Waals surface area (Å²) in [4.78, 5) is 5.92.